The molecule has 0 radical (unpaired) electrons. The number of rotatable bonds is 3. The highest BCUT2D eigenvalue weighted by Crippen LogP contribution is 2.42. The highest BCUT2D eigenvalue weighted by Gasteiger charge is 2.25. The monoisotopic (exact) mass is 168 g/mol. The van der Waals surface area contributed by atoms with E-state index in [1.807, 2.05) is 0 Å². The summed E-state index contributed by atoms with van der Waals surface area (Å²) in [6, 6.07) is 0. The summed E-state index contributed by atoms with van der Waals surface area (Å²) in [5.74, 6) is -1.20. The summed E-state index contributed by atoms with van der Waals surface area (Å²) in [4.78, 5) is 26.7. The summed E-state index contributed by atoms with van der Waals surface area (Å²) in [6.07, 6.45) is -0.496. The first-order valence-corrected chi connectivity index (χ1v) is 4.29. The second-order valence-corrected chi connectivity index (χ2v) is 4.10. The first-order valence-electron chi connectivity index (χ1n) is 2.61. The lowest BCUT2D eigenvalue weighted by atomic mass is 10.3. The molecule has 3 N–H and O–H groups in total. The first kappa shape index (κ1) is 9.62. The molecule has 0 heterocycles. The van der Waals surface area contributed by atoms with Crippen LogP contribution in [0.25, 0.3) is 0 Å². The third-order valence-electron chi connectivity index (χ3n) is 1.04. The molecule has 0 unspecified atom stereocenters. The van der Waals surface area contributed by atoms with Gasteiger partial charge in [-0.15, -0.1) is 0 Å². The molecule has 1 atom stereocenters. The van der Waals surface area contributed by atoms with Crippen molar-refractivity contribution in [1.29, 1.82) is 0 Å². The molecule has 0 aliphatic rings. The van der Waals surface area contributed by atoms with Gasteiger partial charge in [0.1, 0.15) is 0 Å². The van der Waals surface area contributed by atoms with Crippen LogP contribution >= 0.6 is 7.60 Å². The van der Waals surface area contributed by atoms with E-state index in [2.05, 4.69) is 0 Å². The minimum absolute atomic E-state index is 0.496. The molecule has 0 aromatic rings. The highest BCUT2D eigenvalue weighted by molar-refractivity contribution is 7.52. The van der Waals surface area contributed by atoms with Crippen molar-refractivity contribution in [3.63, 3.8) is 0 Å². The maximum atomic E-state index is 10.3. The van der Waals surface area contributed by atoms with Crippen LogP contribution in [-0.4, -0.2) is 26.5 Å². The van der Waals surface area contributed by atoms with Gasteiger partial charge in [0.2, 0.25) is 0 Å². The molecule has 6 heteroatoms. The molecule has 0 spiro atoms. The van der Waals surface area contributed by atoms with Crippen LogP contribution < -0.4 is 0 Å². The SMILES string of the molecule is C[C@H](CC(=O)O)P(=O)(O)O. The molecule has 0 bridgehead atoms. The standard InChI is InChI=1S/C4H9O5P/c1-3(2-4(5)6)10(7,8)9/h3H,2H2,1H3,(H,5,6)(H2,7,8,9)/t3-/m1/s1. The second-order valence-electron chi connectivity index (χ2n) is 2.04. The van der Waals surface area contributed by atoms with Gasteiger partial charge in [-0.25, -0.2) is 0 Å². The van der Waals surface area contributed by atoms with Crippen LogP contribution in [0, 0.1) is 0 Å². The fourth-order valence-electron chi connectivity index (χ4n) is 0.372. The van der Waals surface area contributed by atoms with Gasteiger partial charge in [-0.05, 0) is 0 Å². The number of carbonyl (C=O) groups is 1. The van der Waals surface area contributed by atoms with Gasteiger partial charge < -0.3 is 14.9 Å². The molecule has 0 amide bonds. The molecule has 0 fully saturated rings. The molecule has 0 aliphatic heterocycles. The smallest absolute Gasteiger partial charge is 0.328 e. The number of aliphatic carboxylic acids is 1. The molecule has 5 nitrogen and oxygen atoms in total. The van der Waals surface area contributed by atoms with Crippen molar-refractivity contribution >= 4 is 13.6 Å². The van der Waals surface area contributed by atoms with E-state index in [0.29, 0.717) is 0 Å². The minimum Gasteiger partial charge on any atom is -0.481 e. The van der Waals surface area contributed by atoms with Gasteiger partial charge in [0, 0.05) is 0 Å². The van der Waals surface area contributed by atoms with Crippen LogP contribution in [0.15, 0.2) is 0 Å². The predicted molar refractivity (Wildman–Crippen MR) is 33.8 cm³/mol. The Morgan fingerprint density at radius 2 is 2.00 bits per heavy atom. The molecular weight excluding hydrogens is 159 g/mol. The number of carboxylic acid groups (broad SMARTS) is 1. The summed E-state index contributed by atoms with van der Waals surface area (Å²) in [6.45, 7) is 1.20. The van der Waals surface area contributed by atoms with E-state index in [9.17, 15) is 9.36 Å². The molecule has 0 saturated heterocycles. The predicted octanol–water partition coefficient (Wildman–Crippen LogP) is 0.0273. The van der Waals surface area contributed by atoms with Crippen LogP contribution in [0.1, 0.15) is 13.3 Å². The lowest BCUT2D eigenvalue weighted by Crippen LogP contribution is -2.09. The van der Waals surface area contributed by atoms with Gasteiger partial charge in [-0.1, -0.05) is 6.92 Å². The van der Waals surface area contributed by atoms with Crippen LogP contribution in [-0.2, 0) is 9.36 Å². The Labute approximate surface area is 57.8 Å². The average molecular weight is 168 g/mol. The van der Waals surface area contributed by atoms with Crippen molar-refractivity contribution in [2.45, 2.75) is 19.0 Å². The Hall–Kier alpha value is -0.380. The third-order valence-corrected chi connectivity index (χ3v) is 2.38. The van der Waals surface area contributed by atoms with Crippen LogP contribution in [0.3, 0.4) is 0 Å². The quantitative estimate of drug-likeness (QED) is 0.516. The van der Waals surface area contributed by atoms with Crippen LogP contribution in [0.5, 0.6) is 0 Å². The van der Waals surface area contributed by atoms with Crippen molar-refractivity contribution in [3.8, 4) is 0 Å². The van der Waals surface area contributed by atoms with Crippen molar-refractivity contribution in [1.82, 2.24) is 0 Å². The van der Waals surface area contributed by atoms with E-state index in [4.69, 9.17) is 14.9 Å². The lowest BCUT2D eigenvalue weighted by molar-refractivity contribution is -0.137. The molecule has 10 heavy (non-hydrogen) atoms. The van der Waals surface area contributed by atoms with E-state index < -0.39 is 25.6 Å². The molecule has 0 aromatic carbocycles. The highest BCUT2D eigenvalue weighted by atomic mass is 31.2. The number of hydrogen-bond donors (Lipinski definition) is 3. The fourth-order valence-corrected chi connectivity index (χ4v) is 0.766. The normalized spacial score (nSPS) is 14.7. The number of hydrogen-bond acceptors (Lipinski definition) is 2. The zero-order chi connectivity index (χ0) is 8.36. The molecule has 0 aromatic heterocycles. The summed E-state index contributed by atoms with van der Waals surface area (Å²) < 4.78 is 10.3. The fraction of sp³-hybridized carbons (Fsp3) is 0.750. The molecule has 0 saturated carbocycles. The summed E-state index contributed by atoms with van der Waals surface area (Å²) >= 11 is 0. The van der Waals surface area contributed by atoms with Crippen molar-refractivity contribution in [3.05, 3.63) is 0 Å². The first-order chi connectivity index (χ1) is 4.34. The summed E-state index contributed by atoms with van der Waals surface area (Å²) in [5.41, 5.74) is -1.09. The van der Waals surface area contributed by atoms with Crippen molar-refractivity contribution in [2.75, 3.05) is 0 Å². The van der Waals surface area contributed by atoms with Gasteiger partial charge >= 0.3 is 13.6 Å². The second kappa shape index (κ2) is 3.14. The maximum Gasteiger partial charge on any atom is 0.328 e. The van der Waals surface area contributed by atoms with E-state index in [1.165, 1.54) is 6.92 Å². The lowest BCUT2D eigenvalue weighted by Gasteiger charge is -2.09. The Morgan fingerprint density at radius 1 is 1.60 bits per heavy atom. The summed E-state index contributed by atoms with van der Waals surface area (Å²) in [7, 11) is -4.19. The van der Waals surface area contributed by atoms with Gasteiger partial charge in [-0.3, -0.25) is 9.36 Å². The van der Waals surface area contributed by atoms with Gasteiger partial charge in [0.25, 0.3) is 0 Å². The van der Waals surface area contributed by atoms with Crippen LogP contribution in [0.4, 0.5) is 0 Å². The number of carboxylic acids is 1. The zero-order valence-corrected chi connectivity index (χ0v) is 6.28. The molecule has 0 rings (SSSR count). The topological polar surface area (TPSA) is 94.8 Å². The summed E-state index contributed by atoms with van der Waals surface area (Å²) in [5, 5.41) is 8.10. The van der Waals surface area contributed by atoms with Crippen molar-refractivity contribution in [2.24, 2.45) is 0 Å². The van der Waals surface area contributed by atoms with Gasteiger partial charge in [0.15, 0.2) is 0 Å². The molecular formula is C4H9O5P. The largest absolute Gasteiger partial charge is 0.481 e. The maximum absolute atomic E-state index is 10.3. The van der Waals surface area contributed by atoms with E-state index in [-0.39, 0.29) is 0 Å². The molecule has 60 valence electrons. The average Bonchev–Trinajstić information content (AvgIpc) is 1.60. The van der Waals surface area contributed by atoms with E-state index in [1.54, 1.807) is 0 Å². The van der Waals surface area contributed by atoms with Gasteiger partial charge in [0.05, 0.1) is 12.1 Å². The Kier molecular flexibility index (Phi) is 3.02. The van der Waals surface area contributed by atoms with E-state index >= 15 is 0 Å². The van der Waals surface area contributed by atoms with Gasteiger partial charge in [-0.2, -0.15) is 0 Å². The minimum atomic E-state index is -4.19. The van der Waals surface area contributed by atoms with Crippen LogP contribution in [0.2, 0.25) is 0 Å². The zero-order valence-electron chi connectivity index (χ0n) is 5.39. The Balaban J connectivity index is 3.98. The Bertz CT molecular complexity index is 170. The Morgan fingerprint density at radius 3 is 2.10 bits per heavy atom. The molecule has 0 aliphatic carbocycles. The van der Waals surface area contributed by atoms with E-state index in [0.717, 1.165) is 0 Å². The third kappa shape index (κ3) is 3.61. The van der Waals surface area contributed by atoms with Crippen molar-refractivity contribution < 1.29 is 24.3 Å².